The maximum atomic E-state index is 8.46. The van der Waals surface area contributed by atoms with Crippen LogP contribution in [0, 0.1) is 0 Å². The molecule has 0 aromatic heterocycles. The Kier molecular flexibility index (Phi) is 1.37. The first-order chi connectivity index (χ1) is 2.89. The number of hydrogen-bond donors (Lipinski definition) is 2. The molecule has 1 aliphatic rings. The van der Waals surface area contributed by atoms with Gasteiger partial charge in [0.25, 0.3) is 0 Å². The zero-order valence-corrected chi connectivity index (χ0v) is 4.31. The van der Waals surface area contributed by atoms with Crippen LogP contribution in [0.1, 0.15) is 0 Å². The highest BCUT2D eigenvalue weighted by molar-refractivity contribution is 7.35. The van der Waals surface area contributed by atoms with E-state index in [2.05, 4.69) is 5.43 Å². The van der Waals surface area contributed by atoms with Crippen molar-refractivity contribution < 1.29 is 5.21 Å². The summed E-state index contributed by atoms with van der Waals surface area (Å²) in [6.45, 7) is 0.926. The minimum Gasteiger partial charge on any atom is -0.296 e. The molecule has 1 aliphatic heterocycles. The Balaban J connectivity index is 2.18. The van der Waals surface area contributed by atoms with Gasteiger partial charge in [-0.05, 0) is 14.9 Å². The van der Waals surface area contributed by atoms with Crippen molar-refractivity contribution in [2.45, 2.75) is 0 Å². The van der Waals surface area contributed by atoms with Gasteiger partial charge >= 0.3 is 0 Å². The van der Waals surface area contributed by atoms with E-state index in [1.807, 2.05) is 0 Å². The van der Waals surface area contributed by atoms with E-state index in [9.17, 15) is 0 Å². The fraction of sp³-hybridized carbons (Fsp3) is 1.00. The fourth-order valence-electron chi connectivity index (χ4n) is 0.380. The minimum absolute atomic E-state index is 0.560. The Morgan fingerprint density at radius 2 is 2.67 bits per heavy atom. The van der Waals surface area contributed by atoms with Gasteiger partial charge in [-0.2, -0.15) is 0 Å². The van der Waals surface area contributed by atoms with Gasteiger partial charge in [-0.15, -0.1) is 4.94 Å². The molecule has 1 unspecified atom stereocenters. The SMILES string of the molecule is ON1NCCP1. The van der Waals surface area contributed by atoms with Gasteiger partial charge in [0.15, 0.2) is 0 Å². The first-order valence-electron chi connectivity index (χ1n) is 1.85. The van der Waals surface area contributed by atoms with Crippen LogP contribution in [0.4, 0.5) is 0 Å². The van der Waals surface area contributed by atoms with Crippen LogP contribution in [0.3, 0.4) is 0 Å². The molecule has 0 spiro atoms. The standard InChI is InChI=1S/C2H7N2OP/c5-4-3-1-2-6-4/h3,5-6H,1-2H2. The van der Waals surface area contributed by atoms with Crippen LogP contribution in [0.15, 0.2) is 0 Å². The molecule has 2 N–H and O–H groups in total. The van der Waals surface area contributed by atoms with Crippen molar-refractivity contribution in [3.8, 4) is 0 Å². The van der Waals surface area contributed by atoms with Gasteiger partial charge in [0, 0.05) is 6.54 Å². The van der Waals surface area contributed by atoms with Crippen molar-refractivity contribution in [3.63, 3.8) is 0 Å². The molecule has 3 nitrogen and oxygen atoms in total. The second-order valence-electron chi connectivity index (χ2n) is 1.13. The van der Waals surface area contributed by atoms with E-state index in [0.29, 0.717) is 8.73 Å². The quantitative estimate of drug-likeness (QED) is 0.419. The monoisotopic (exact) mass is 106 g/mol. The molecular formula is C2H7N2OP. The highest BCUT2D eigenvalue weighted by Gasteiger charge is 2.04. The summed E-state index contributed by atoms with van der Waals surface area (Å²) in [6.07, 6.45) is 1.08. The third-order valence-electron chi connectivity index (χ3n) is 0.648. The summed E-state index contributed by atoms with van der Waals surface area (Å²) in [5.74, 6) is 0. The maximum Gasteiger partial charge on any atom is 0.0177 e. The normalized spacial score (nSPS) is 29.5. The molecule has 4 heteroatoms. The van der Waals surface area contributed by atoms with Crippen LogP contribution >= 0.6 is 8.73 Å². The third-order valence-corrected chi connectivity index (χ3v) is 1.58. The van der Waals surface area contributed by atoms with Gasteiger partial charge in [-0.3, -0.25) is 5.21 Å². The molecule has 6 heavy (non-hydrogen) atoms. The van der Waals surface area contributed by atoms with E-state index >= 15 is 0 Å². The van der Waals surface area contributed by atoms with Crippen molar-refractivity contribution in [2.24, 2.45) is 0 Å². The van der Waals surface area contributed by atoms with Crippen LogP contribution in [0.25, 0.3) is 0 Å². The molecule has 1 heterocycles. The van der Waals surface area contributed by atoms with Crippen molar-refractivity contribution in [3.05, 3.63) is 0 Å². The lowest BCUT2D eigenvalue weighted by molar-refractivity contribution is -0.0256. The summed E-state index contributed by atoms with van der Waals surface area (Å²) in [5, 5.41) is 8.46. The Bertz CT molecular complexity index is 44.8. The van der Waals surface area contributed by atoms with E-state index in [0.717, 1.165) is 17.6 Å². The lowest BCUT2D eigenvalue weighted by Crippen LogP contribution is -2.20. The Hall–Kier alpha value is 0.310. The Morgan fingerprint density at radius 1 is 1.83 bits per heavy atom. The third kappa shape index (κ3) is 0.884. The van der Waals surface area contributed by atoms with Gasteiger partial charge in [0.1, 0.15) is 0 Å². The van der Waals surface area contributed by atoms with Crippen LogP contribution in [0.2, 0.25) is 0 Å². The minimum atomic E-state index is 0.560. The average Bonchev–Trinajstić information content (AvgIpc) is 1.86. The highest BCUT2D eigenvalue weighted by atomic mass is 31.1. The largest absolute Gasteiger partial charge is 0.296 e. The van der Waals surface area contributed by atoms with Crippen LogP contribution in [0.5, 0.6) is 0 Å². The van der Waals surface area contributed by atoms with E-state index < -0.39 is 0 Å². The van der Waals surface area contributed by atoms with Crippen molar-refractivity contribution >= 4 is 8.73 Å². The molecule has 1 atom stereocenters. The molecule has 0 aromatic rings. The Labute approximate surface area is 38.1 Å². The van der Waals surface area contributed by atoms with Crippen LogP contribution in [-0.4, -0.2) is 22.9 Å². The topological polar surface area (TPSA) is 35.5 Å². The molecule has 0 amide bonds. The van der Waals surface area contributed by atoms with E-state index in [4.69, 9.17) is 5.21 Å². The smallest absolute Gasteiger partial charge is 0.0177 e. The first kappa shape index (κ1) is 4.47. The second kappa shape index (κ2) is 1.85. The summed E-state index contributed by atoms with van der Waals surface area (Å²) in [4.78, 5) is 1.14. The molecular weight excluding hydrogens is 99.0 g/mol. The summed E-state index contributed by atoms with van der Waals surface area (Å²) in [7, 11) is 0.560. The van der Waals surface area contributed by atoms with Crippen molar-refractivity contribution in [2.75, 3.05) is 12.7 Å². The lowest BCUT2D eigenvalue weighted by atomic mass is 10.8. The highest BCUT2D eigenvalue weighted by Crippen LogP contribution is 2.15. The van der Waals surface area contributed by atoms with Gasteiger partial charge in [0.2, 0.25) is 0 Å². The zero-order valence-electron chi connectivity index (χ0n) is 3.31. The molecule has 0 saturated carbocycles. The van der Waals surface area contributed by atoms with Crippen molar-refractivity contribution in [1.82, 2.24) is 10.4 Å². The van der Waals surface area contributed by atoms with Gasteiger partial charge < -0.3 is 0 Å². The molecule has 0 aromatic carbocycles. The second-order valence-corrected chi connectivity index (χ2v) is 2.37. The van der Waals surface area contributed by atoms with Crippen LogP contribution < -0.4 is 5.43 Å². The summed E-state index contributed by atoms with van der Waals surface area (Å²) in [6, 6.07) is 0. The number of hydrogen-bond acceptors (Lipinski definition) is 3. The number of rotatable bonds is 0. The number of nitrogens with one attached hydrogen (secondary N) is 1. The first-order valence-corrected chi connectivity index (χ1v) is 3.01. The molecule has 36 valence electrons. The van der Waals surface area contributed by atoms with Gasteiger partial charge in [-0.25, -0.2) is 5.43 Å². The van der Waals surface area contributed by atoms with Crippen molar-refractivity contribution in [1.29, 1.82) is 0 Å². The van der Waals surface area contributed by atoms with Gasteiger partial charge in [0.05, 0.1) is 0 Å². The molecule has 0 bridgehead atoms. The Morgan fingerprint density at radius 3 is 2.83 bits per heavy atom. The van der Waals surface area contributed by atoms with E-state index in [1.165, 1.54) is 0 Å². The lowest BCUT2D eigenvalue weighted by Gasteiger charge is -2.00. The van der Waals surface area contributed by atoms with E-state index in [-0.39, 0.29) is 0 Å². The predicted octanol–water partition coefficient (Wildman–Crippen LogP) is -0.211. The fourth-order valence-corrected chi connectivity index (χ4v) is 1.04. The molecule has 0 aliphatic carbocycles. The summed E-state index contributed by atoms with van der Waals surface area (Å²) in [5.41, 5.74) is 2.72. The zero-order chi connectivity index (χ0) is 4.41. The van der Waals surface area contributed by atoms with E-state index in [1.54, 1.807) is 0 Å². The number of nitrogens with zero attached hydrogens (tertiary/aromatic N) is 1. The predicted molar refractivity (Wildman–Crippen MR) is 24.8 cm³/mol. The molecule has 1 saturated heterocycles. The summed E-state index contributed by atoms with van der Waals surface area (Å²) >= 11 is 0. The molecule has 1 fully saturated rings. The maximum absolute atomic E-state index is 8.46. The average molecular weight is 106 g/mol. The molecule has 1 rings (SSSR count). The summed E-state index contributed by atoms with van der Waals surface area (Å²) < 4.78 is 0. The number of hydrazine groups is 1. The van der Waals surface area contributed by atoms with Gasteiger partial charge in [-0.1, -0.05) is 0 Å². The molecule has 0 radical (unpaired) electrons. The van der Waals surface area contributed by atoms with Crippen LogP contribution in [-0.2, 0) is 0 Å².